The van der Waals surface area contributed by atoms with E-state index in [2.05, 4.69) is 49.9 Å². The Morgan fingerprint density at radius 1 is 0.941 bits per heavy atom. The number of fused-ring (bicyclic) bond motifs is 3. The number of nitrogens with one attached hydrogen (secondary N) is 1. The molecule has 8 heteroatoms. The zero-order chi connectivity index (χ0) is 23.1. The number of nitrogens with zero attached hydrogens (tertiary/aromatic N) is 6. The molecule has 0 amide bonds. The molecule has 0 radical (unpaired) electrons. The van der Waals surface area contributed by atoms with Crippen molar-refractivity contribution in [3.8, 4) is 22.5 Å². The summed E-state index contributed by atoms with van der Waals surface area (Å²) in [6.07, 6.45) is 1.85. The molecule has 1 fully saturated rings. The molecule has 0 aromatic heterocycles. The van der Waals surface area contributed by atoms with Crippen LogP contribution in [0.25, 0.3) is 22.5 Å². The number of piperazine rings is 1. The third-order valence-electron chi connectivity index (χ3n) is 6.60. The van der Waals surface area contributed by atoms with Crippen molar-refractivity contribution in [1.29, 1.82) is 0 Å². The second-order valence-corrected chi connectivity index (χ2v) is 9.24. The number of aromatic nitrogens is 3. The molecule has 0 aliphatic carbocycles. The fourth-order valence-electron chi connectivity index (χ4n) is 4.72. The monoisotopic (exact) mass is 471 g/mol. The Balaban J connectivity index is 1.35. The van der Waals surface area contributed by atoms with Crippen molar-refractivity contribution in [2.24, 2.45) is 4.99 Å². The summed E-state index contributed by atoms with van der Waals surface area (Å²) in [6, 6.07) is 18.4. The van der Waals surface area contributed by atoms with Gasteiger partial charge in [0, 0.05) is 72.9 Å². The van der Waals surface area contributed by atoms with Crippen molar-refractivity contribution in [3.05, 3.63) is 71.4 Å². The fraction of sp³-hybridized carbons (Fsp3) is 0.269. The van der Waals surface area contributed by atoms with Crippen molar-refractivity contribution in [3.63, 3.8) is 0 Å². The number of halogens is 1. The molecule has 2 aromatic rings. The van der Waals surface area contributed by atoms with Crippen molar-refractivity contribution in [1.82, 2.24) is 19.4 Å². The van der Waals surface area contributed by atoms with Gasteiger partial charge in [-0.15, -0.1) is 0 Å². The van der Waals surface area contributed by atoms with E-state index in [9.17, 15) is 0 Å². The van der Waals surface area contributed by atoms with Crippen LogP contribution in [0.2, 0.25) is 5.02 Å². The highest BCUT2D eigenvalue weighted by molar-refractivity contribution is 6.33. The Bertz CT molecular complexity index is 1370. The average molecular weight is 472 g/mol. The highest BCUT2D eigenvalue weighted by Gasteiger charge is 2.23. The number of hydrogen-bond donors (Lipinski definition) is 1. The van der Waals surface area contributed by atoms with E-state index in [1.165, 1.54) is 5.69 Å². The SMILES string of the molecule is CN1CCN(c2ccc(N=c3ncc4cc(-c5ccccc5Cl)c5n(c-4n3)CCN5)cc2)CC1. The van der Waals surface area contributed by atoms with Gasteiger partial charge in [0.05, 0.1) is 5.69 Å². The lowest BCUT2D eigenvalue weighted by Crippen LogP contribution is -2.44. The maximum atomic E-state index is 6.51. The van der Waals surface area contributed by atoms with E-state index in [0.717, 1.165) is 78.3 Å². The van der Waals surface area contributed by atoms with Gasteiger partial charge >= 0.3 is 0 Å². The van der Waals surface area contributed by atoms with E-state index >= 15 is 0 Å². The number of pyridine rings is 1. The normalized spacial score (nSPS) is 16.6. The molecule has 172 valence electrons. The predicted molar refractivity (Wildman–Crippen MR) is 137 cm³/mol. The third kappa shape index (κ3) is 3.91. The first kappa shape index (κ1) is 21.1. The summed E-state index contributed by atoms with van der Waals surface area (Å²) in [6.45, 7) is 5.96. The summed E-state index contributed by atoms with van der Waals surface area (Å²) in [5, 5.41) is 4.23. The molecule has 1 N–H and O–H groups in total. The maximum absolute atomic E-state index is 6.51. The first-order chi connectivity index (χ1) is 16.7. The van der Waals surface area contributed by atoms with Crippen LogP contribution in [-0.2, 0) is 6.54 Å². The average Bonchev–Trinajstić information content (AvgIpc) is 3.36. The van der Waals surface area contributed by atoms with Crippen molar-refractivity contribution >= 4 is 28.8 Å². The van der Waals surface area contributed by atoms with E-state index in [-0.39, 0.29) is 0 Å². The van der Waals surface area contributed by atoms with E-state index < -0.39 is 0 Å². The molecule has 7 nitrogen and oxygen atoms in total. The van der Waals surface area contributed by atoms with Crippen LogP contribution >= 0.6 is 11.6 Å². The summed E-state index contributed by atoms with van der Waals surface area (Å²) in [4.78, 5) is 18.8. The Morgan fingerprint density at radius 2 is 1.74 bits per heavy atom. The summed E-state index contributed by atoms with van der Waals surface area (Å²) in [5.74, 6) is 1.90. The van der Waals surface area contributed by atoms with Crippen LogP contribution in [0.3, 0.4) is 0 Å². The number of benzene rings is 2. The van der Waals surface area contributed by atoms with Crippen LogP contribution in [-0.4, -0.2) is 59.2 Å². The Morgan fingerprint density at radius 3 is 2.53 bits per heavy atom. The van der Waals surface area contributed by atoms with Crippen molar-refractivity contribution in [2.45, 2.75) is 6.54 Å². The highest BCUT2D eigenvalue weighted by atomic mass is 35.5. The van der Waals surface area contributed by atoms with Crippen LogP contribution < -0.4 is 15.8 Å². The van der Waals surface area contributed by atoms with Gasteiger partial charge in [-0.2, -0.15) is 4.98 Å². The van der Waals surface area contributed by atoms with Crippen molar-refractivity contribution < 1.29 is 0 Å². The second-order valence-electron chi connectivity index (χ2n) is 8.83. The summed E-state index contributed by atoms with van der Waals surface area (Å²) in [5.41, 5.74) is 5.57. The Kier molecular flexibility index (Phi) is 5.43. The van der Waals surface area contributed by atoms with E-state index in [0.29, 0.717) is 5.62 Å². The molecule has 0 unspecified atom stereocenters. The van der Waals surface area contributed by atoms with Crippen LogP contribution in [0.4, 0.5) is 17.2 Å². The molecule has 34 heavy (non-hydrogen) atoms. The minimum absolute atomic E-state index is 0.465. The van der Waals surface area contributed by atoms with Crippen LogP contribution in [0.15, 0.2) is 65.8 Å². The first-order valence-corrected chi connectivity index (χ1v) is 12.0. The predicted octanol–water partition coefficient (Wildman–Crippen LogP) is 4.11. The molecule has 0 bridgehead atoms. The lowest BCUT2D eigenvalue weighted by Gasteiger charge is -2.34. The van der Waals surface area contributed by atoms with E-state index in [4.69, 9.17) is 21.6 Å². The number of likely N-dealkylation sites (N-methyl/N-ethyl adjacent to an activating group) is 1. The Hall–Kier alpha value is -3.42. The van der Waals surface area contributed by atoms with Gasteiger partial charge in [0.2, 0.25) is 0 Å². The quantitative estimate of drug-likeness (QED) is 0.487. The largest absolute Gasteiger partial charge is 0.369 e. The standard InChI is InChI=1S/C26H26ClN7/c1-32-12-14-33(15-13-32)20-8-6-19(7-9-20)30-26-29-17-18-16-22(21-4-2-3-5-23(21)27)25-28-10-11-34(25)24(18)31-26/h2-9,16-17,28H,10-15H2,1H3. The molecular weight excluding hydrogens is 446 g/mol. The highest BCUT2D eigenvalue weighted by Crippen LogP contribution is 2.39. The van der Waals surface area contributed by atoms with E-state index in [1.807, 2.05) is 42.6 Å². The summed E-state index contributed by atoms with van der Waals surface area (Å²) < 4.78 is 2.20. The number of rotatable bonds is 3. The molecule has 0 atom stereocenters. The van der Waals surface area contributed by atoms with Gasteiger partial charge in [0.25, 0.3) is 5.62 Å². The zero-order valence-corrected chi connectivity index (χ0v) is 19.8. The zero-order valence-electron chi connectivity index (χ0n) is 19.1. The summed E-state index contributed by atoms with van der Waals surface area (Å²) in [7, 11) is 2.17. The molecule has 4 aliphatic rings. The minimum Gasteiger partial charge on any atom is -0.369 e. The molecule has 4 heterocycles. The van der Waals surface area contributed by atoms with Crippen LogP contribution in [0, 0.1) is 0 Å². The summed E-state index contributed by atoms with van der Waals surface area (Å²) >= 11 is 6.51. The number of anilines is 2. The topological polar surface area (TPSA) is 61.6 Å². The molecular formula is C26H26ClN7. The van der Waals surface area contributed by atoms with Gasteiger partial charge in [0.15, 0.2) is 0 Å². The lowest BCUT2D eigenvalue weighted by atomic mass is 10.0. The van der Waals surface area contributed by atoms with Crippen LogP contribution in [0.1, 0.15) is 0 Å². The van der Waals surface area contributed by atoms with Gasteiger partial charge in [-0.05, 0) is 43.4 Å². The van der Waals surface area contributed by atoms with Crippen LogP contribution in [0.5, 0.6) is 0 Å². The third-order valence-corrected chi connectivity index (χ3v) is 6.93. The smallest absolute Gasteiger partial charge is 0.251 e. The lowest BCUT2D eigenvalue weighted by molar-refractivity contribution is 0.313. The van der Waals surface area contributed by atoms with Gasteiger partial charge in [-0.1, -0.05) is 29.8 Å². The second kappa shape index (κ2) is 8.74. The molecule has 0 spiro atoms. The Labute approximate surface area is 203 Å². The maximum Gasteiger partial charge on any atom is 0.251 e. The number of hydrogen-bond acceptors (Lipinski definition) is 6. The van der Waals surface area contributed by atoms with Gasteiger partial charge in [0.1, 0.15) is 11.6 Å². The minimum atomic E-state index is 0.465. The van der Waals surface area contributed by atoms with Gasteiger partial charge in [-0.3, -0.25) is 0 Å². The van der Waals surface area contributed by atoms with Gasteiger partial charge < -0.3 is 19.7 Å². The fourth-order valence-corrected chi connectivity index (χ4v) is 4.96. The molecule has 2 aromatic carbocycles. The van der Waals surface area contributed by atoms with Crippen molar-refractivity contribution in [2.75, 3.05) is 50.0 Å². The molecule has 4 aliphatic heterocycles. The molecule has 1 saturated heterocycles. The molecule has 0 saturated carbocycles. The van der Waals surface area contributed by atoms with E-state index in [1.54, 1.807) is 0 Å². The van der Waals surface area contributed by atoms with Gasteiger partial charge in [-0.25, -0.2) is 9.98 Å². The molecule has 6 rings (SSSR count). The first-order valence-electron chi connectivity index (χ1n) is 11.6.